The van der Waals surface area contributed by atoms with Crippen LogP contribution < -0.4 is 5.32 Å². The Morgan fingerprint density at radius 3 is 2.54 bits per heavy atom. The molecule has 1 aliphatic rings. The molecule has 0 aromatic heterocycles. The quantitative estimate of drug-likeness (QED) is 0.799. The van der Waals surface area contributed by atoms with Crippen molar-refractivity contribution in [2.24, 2.45) is 0 Å². The summed E-state index contributed by atoms with van der Waals surface area (Å²) in [6.07, 6.45) is 3.18. The van der Waals surface area contributed by atoms with Gasteiger partial charge in [-0.15, -0.1) is 0 Å². The third-order valence-electron chi connectivity index (χ3n) is 3.83. The highest BCUT2D eigenvalue weighted by atomic mass is 19.4. The smallest absolute Gasteiger partial charge is 0.374 e. The van der Waals surface area contributed by atoms with E-state index in [-0.39, 0.29) is 5.56 Å². The van der Waals surface area contributed by atoms with E-state index in [9.17, 15) is 13.2 Å². The van der Waals surface area contributed by atoms with Crippen LogP contribution in [-0.2, 0) is 6.18 Å². The first-order chi connectivity index (χ1) is 12.3. The monoisotopic (exact) mass is 359 g/mol. The molecule has 0 amide bonds. The molecule has 136 valence electrons. The summed E-state index contributed by atoms with van der Waals surface area (Å²) in [5.41, 5.74) is 0.421. The van der Waals surface area contributed by atoms with Gasteiger partial charge in [-0.3, -0.25) is 0 Å². The number of halogens is 3. The summed E-state index contributed by atoms with van der Waals surface area (Å²) in [4.78, 5) is 1.90. The lowest BCUT2D eigenvalue weighted by Gasteiger charge is -2.24. The zero-order valence-corrected chi connectivity index (χ0v) is 14.6. The summed E-state index contributed by atoms with van der Waals surface area (Å²) in [5.74, 6) is 6.20. The summed E-state index contributed by atoms with van der Waals surface area (Å²) in [6, 6.07) is 5.31. The molecule has 2 N–H and O–H groups in total. The second kappa shape index (κ2) is 8.43. The predicted octanol–water partition coefficient (Wildman–Crippen LogP) is 3.96. The minimum Gasteiger partial charge on any atom is -0.374 e. The van der Waals surface area contributed by atoms with Gasteiger partial charge in [0.1, 0.15) is 5.82 Å². The van der Waals surface area contributed by atoms with Crippen molar-refractivity contribution >= 4 is 5.71 Å². The van der Waals surface area contributed by atoms with E-state index in [4.69, 9.17) is 5.41 Å². The third kappa shape index (κ3) is 4.79. The van der Waals surface area contributed by atoms with Crippen LogP contribution in [0.2, 0.25) is 0 Å². The zero-order chi connectivity index (χ0) is 19.2. The van der Waals surface area contributed by atoms with Crippen LogP contribution in [0.25, 0.3) is 0 Å². The number of nitrogens with one attached hydrogen (secondary N) is 2. The molecule has 0 saturated heterocycles. The summed E-state index contributed by atoms with van der Waals surface area (Å²) in [5, 5.41) is 11.1. The average Bonchev–Trinajstić information content (AvgIpc) is 2.60. The van der Waals surface area contributed by atoms with Crippen molar-refractivity contribution < 1.29 is 13.2 Å². The lowest BCUT2D eigenvalue weighted by Crippen LogP contribution is -2.30. The van der Waals surface area contributed by atoms with Crippen molar-refractivity contribution in [3.8, 4) is 11.8 Å². The van der Waals surface area contributed by atoms with Crippen LogP contribution in [0, 0.1) is 17.3 Å². The molecule has 26 heavy (non-hydrogen) atoms. The first-order valence-electron chi connectivity index (χ1n) is 8.06. The van der Waals surface area contributed by atoms with Crippen LogP contribution in [0.5, 0.6) is 0 Å². The molecule has 3 nitrogen and oxygen atoms in total. The number of alkyl halides is 3. The minimum absolute atomic E-state index is 0.0167. The Kier molecular flexibility index (Phi) is 6.29. The number of rotatable bonds is 4. The van der Waals surface area contributed by atoms with Gasteiger partial charge in [-0.1, -0.05) is 36.1 Å². The molecule has 0 saturated carbocycles. The lowest BCUT2D eigenvalue weighted by molar-refractivity contribution is -0.137. The maximum absolute atomic E-state index is 13.0. The molecule has 1 aromatic rings. The van der Waals surface area contributed by atoms with Crippen molar-refractivity contribution in [1.82, 2.24) is 10.2 Å². The van der Waals surface area contributed by atoms with Gasteiger partial charge < -0.3 is 15.6 Å². The lowest BCUT2D eigenvalue weighted by atomic mass is 10.1. The molecule has 1 aliphatic carbocycles. The highest BCUT2D eigenvalue weighted by Gasteiger charge is 2.32. The minimum atomic E-state index is -4.41. The van der Waals surface area contributed by atoms with Crippen molar-refractivity contribution in [2.45, 2.75) is 12.6 Å². The van der Waals surface area contributed by atoms with Crippen molar-refractivity contribution in [2.75, 3.05) is 20.6 Å². The van der Waals surface area contributed by atoms with Gasteiger partial charge in [0.25, 0.3) is 0 Å². The number of hydrogen-bond acceptors (Lipinski definition) is 3. The maximum Gasteiger partial charge on any atom is 0.417 e. The topological polar surface area (TPSA) is 39.1 Å². The van der Waals surface area contributed by atoms with Gasteiger partial charge in [-0.25, -0.2) is 0 Å². The van der Waals surface area contributed by atoms with E-state index in [2.05, 4.69) is 17.2 Å². The SMILES string of the molecule is CN/C(=C1/C=CC=CC1=N)N(C)CCC#Cc1ccccc1C(F)(F)F. The number of hydrogen-bond donors (Lipinski definition) is 2. The van der Waals surface area contributed by atoms with E-state index in [0.717, 1.165) is 17.5 Å². The predicted molar refractivity (Wildman–Crippen MR) is 97.7 cm³/mol. The fourth-order valence-electron chi connectivity index (χ4n) is 2.55. The molecule has 0 radical (unpaired) electrons. The van der Waals surface area contributed by atoms with Crippen LogP contribution in [0.15, 0.2) is 60.0 Å². The summed E-state index contributed by atoms with van der Waals surface area (Å²) in [6.45, 7) is 0.520. The zero-order valence-electron chi connectivity index (χ0n) is 14.6. The van der Waals surface area contributed by atoms with Crippen molar-refractivity contribution in [3.63, 3.8) is 0 Å². The van der Waals surface area contributed by atoms with E-state index < -0.39 is 11.7 Å². The molecule has 0 unspecified atom stereocenters. The Morgan fingerprint density at radius 1 is 1.19 bits per heavy atom. The highest BCUT2D eigenvalue weighted by Crippen LogP contribution is 2.31. The second-order valence-corrected chi connectivity index (χ2v) is 5.66. The van der Waals surface area contributed by atoms with Gasteiger partial charge in [0.15, 0.2) is 0 Å². The van der Waals surface area contributed by atoms with Gasteiger partial charge in [-0.2, -0.15) is 13.2 Å². The molecule has 0 bridgehead atoms. The Balaban J connectivity index is 2.08. The molecular formula is C20H20F3N3. The highest BCUT2D eigenvalue weighted by molar-refractivity contribution is 6.09. The van der Waals surface area contributed by atoms with E-state index in [0.29, 0.717) is 18.7 Å². The fourth-order valence-corrected chi connectivity index (χ4v) is 2.55. The first kappa shape index (κ1) is 19.4. The largest absolute Gasteiger partial charge is 0.417 e. The molecule has 1 aromatic carbocycles. The second-order valence-electron chi connectivity index (χ2n) is 5.66. The molecule has 0 fully saturated rings. The number of nitrogens with zero attached hydrogens (tertiary/aromatic N) is 1. The Bertz CT molecular complexity index is 821. The van der Waals surface area contributed by atoms with Gasteiger partial charge >= 0.3 is 6.18 Å². The van der Waals surface area contributed by atoms with Crippen LogP contribution in [-0.4, -0.2) is 31.3 Å². The van der Waals surface area contributed by atoms with Gasteiger partial charge in [0, 0.05) is 38.2 Å². The number of benzene rings is 1. The number of allylic oxidation sites excluding steroid dienone is 5. The molecule has 0 aliphatic heterocycles. The standard InChI is InChI=1S/C20H20F3N3/c1-25-19(16-11-4-6-13-18(16)24)26(2)14-8-7-10-15-9-3-5-12-17(15)20(21,22)23/h3-6,9,11-13,24-25H,8,14H2,1-2H3/b19-16+,24-18?. The molecule has 0 atom stereocenters. The van der Waals surface area contributed by atoms with Crippen molar-refractivity contribution in [1.29, 1.82) is 5.41 Å². The van der Waals surface area contributed by atoms with Crippen LogP contribution in [0.1, 0.15) is 17.5 Å². The van der Waals surface area contributed by atoms with E-state index in [1.54, 1.807) is 25.3 Å². The average molecular weight is 359 g/mol. The fraction of sp³-hybridized carbons (Fsp3) is 0.250. The van der Waals surface area contributed by atoms with Crippen LogP contribution in [0.4, 0.5) is 13.2 Å². The van der Waals surface area contributed by atoms with E-state index in [1.165, 1.54) is 12.1 Å². The summed E-state index contributed by atoms with van der Waals surface area (Å²) < 4.78 is 38.9. The first-order valence-corrected chi connectivity index (χ1v) is 8.06. The van der Waals surface area contributed by atoms with Gasteiger partial charge in [0.2, 0.25) is 0 Å². The van der Waals surface area contributed by atoms with Crippen LogP contribution >= 0.6 is 0 Å². The van der Waals surface area contributed by atoms with Crippen molar-refractivity contribution in [3.05, 3.63) is 71.1 Å². The molecule has 6 heteroatoms. The Labute approximate surface area is 151 Å². The van der Waals surface area contributed by atoms with E-state index >= 15 is 0 Å². The Morgan fingerprint density at radius 2 is 1.88 bits per heavy atom. The maximum atomic E-state index is 13.0. The Hall–Kier alpha value is -2.94. The van der Waals surface area contributed by atoms with E-state index in [1.807, 2.05) is 24.1 Å². The molecule has 2 rings (SSSR count). The molecule has 0 spiro atoms. The normalized spacial score (nSPS) is 15.3. The van der Waals surface area contributed by atoms with Crippen LogP contribution in [0.3, 0.4) is 0 Å². The van der Waals surface area contributed by atoms with Gasteiger partial charge in [-0.05, 0) is 24.3 Å². The summed E-state index contributed by atoms with van der Waals surface area (Å²) >= 11 is 0. The molecular weight excluding hydrogens is 339 g/mol. The third-order valence-corrected chi connectivity index (χ3v) is 3.83. The summed E-state index contributed by atoms with van der Waals surface area (Å²) in [7, 11) is 3.62. The van der Waals surface area contributed by atoms with Gasteiger partial charge in [0.05, 0.1) is 11.3 Å². The molecule has 0 heterocycles.